The van der Waals surface area contributed by atoms with E-state index in [-0.39, 0.29) is 42.9 Å². The third-order valence-electron chi connectivity index (χ3n) is 8.27. The van der Waals surface area contributed by atoms with E-state index in [0.29, 0.717) is 38.5 Å². The Bertz CT molecular complexity index is 1330. The van der Waals surface area contributed by atoms with Crippen LogP contribution in [0.1, 0.15) is 98.1 Å². The molecule has 2 fully saturated rings. The van der Waals surface area contributed by atoms with Crippen molar-refractivity contribution in [1.82, 2.24) is 18.9 Å². The summed E-state index contributed by atoms with van der Waals surface area (Å²) < 4.78 is 2.32. The van der Waals surface area contributed by atoms with Crippen LogP contribution < -0.4 is 17.0 Å². The van der Waals surface area contributed by atoms with Crippen LogP contribution in [0.25, 0.3) is 0 Å². The van der Waals surface area contributed by atoms with Gasteiger partial charge in [-0.15, -0.1) is 0 Å². The molecule has 2 aliphatic rings. The number of rotatable bonds is 11. The average molecular weight is 593 g/mol. The van der Waals surface area contributed by atoms with Crippen LogP contribution in [0.15, 0.2) is 14.6 Å². The monoisotopic (exact) mass is 592 g/mol. The van der Waals surface area contributed by atoms with Crippen LogP contribution in [0.4, 0.5) is 4.79 Å². The fourth-order valence-corrected chi connectivity index (χ4v) is 6.03. The van der Waals surface area contributed by atoms with Crippen molar-refractivity contribution in [2.24, 2.45) is 16.6 Å². The van der Waals surface area contributed by atoms with Crippen LogP contribution in [-0.4, -0.2) is 88.9 Å². The molecule has 13 heteroatoms. The topological polar surface area (TPSA) is 184 Å². The summed E-state index contributed by atoms with van der Waals surface area (Å²) in [6.07, 6.45) is 3.88. The number of amidine groups is 1. The quantitative estimate of drug-likeness (QED) is 0.169. The van der Waals surface area contributed by atoms with Gasteiger partial charge in [-0.1, -0.05) is 13.3 Å². The molecular weight excluding hydrogens is 544 g/mol. The molecule has 3 amide bonds. The molecule has 1 aromatic rings. The van der Waals surface area contributed by atoms with Crippen molar-refractivity contribution < 1.29 is 24.9 Å². The first-order valence-corrected chi connectivity index (χ1v) is 14.8. The molecule has 3 rings (SSSR count). The third kappa shape index (κ3) is 6.88. The number of aliphatic hydroxyl groups is 2. The zero-order valence-corrected chi connectivity index (χ0v) is 26.0. The molecule has 1 aliphatic carbocycles. The number of hydrogen-bond acceptors (Lipinski definition) is 8. The van der Waals surface area contributed by atoms with Crippen molar-refractivity contribution in [2.45, 2.75) is 116 Å². The first kappa shape index (κ1) is 33.3. The molecule has 5 N–H and O–H groups in total. The van der Waals surface area contributed by atoms with E-state index in [0.717, 1.165) is 20.5 Å². The van der Waals surface area contributed by atoms with E-state index >= 15 is 0 Å². The molecule has 0 unspecified atom stereocenters. The van der Waals surface area contributed by atoms with E-state index < -0.39 is 45.9 Å². The number of carbonyl (C=O) groups excluding carboxylic acids is 2. The molecule has 42 heavy (non-hydrogen) atoms. The second-order valence-electron chi connectivity index (χ2n) is 13.4. The van der Waals surface area contributed by atoms with E-state index in [1.165, 1.54) is 11.9 Å². The number of hydrogen-bond donors (Lipinski definition) is 4. The molecule has 2 heterocycles. The van der Waals surface area contributed by atoms with Gasteiger partial charge in [0.15, 0.2) is 0 Å². The summed E-state index contributed by atoms with van der Waals surface area (Å²) in [4.78, 5) is 59.9. The van der Waals surface area contributed by atoms with E-state index in [1.807, 2.05) is 6.92 Å². The highest BCUT2D eigenvalue weighted by Crippen LogP contribution is 2.40. The maximum Gasteiger partial charge on any atom is 0.334 e. The lowest BCUT2D eigenvalue weighted by atomic mass is 9.77. The van der Waals surface area contributed by atoms with E-state index in [1.54, 1.807) is 34.6 Å². The molecule has 236 valence electrons. The number of aromatic nitrogens is 2. The number of urea groups is 1. The summed E-state index contributed by atoms with van der Waals surface area (Å²) in [5.74, 6) is -1.07. The lowest BCUT2D eigenvalue weighted by molar-refractivity contribution is -0.133. The number of likely N-dealkylation sites (N-methyl/N-ethyl adjacent to an activating group) is 1. The number of nitrogens with zero attached hydrogens (tertiary/aromatic N) is 5. The van der Waals surface area contributed by atoms with E-state index in [2.05, 4.69) is 4.99 Å². The number of carbonyl (C=O) groups is 2. The van der Waals surface area contributed by atoms with Crippen LogP contribution in [-0.2, 0) is 11.3 Å². The number of imide groups is 1. The van der Waals surface area contributed by atoms with Gasteiger partial charge in [-0.2, -0.15) is 0 Å². The van der Waals surface area contributed by atoms with Crippen LogP contribution in [0.2, 0.25) is 0 Å². The van der Waals surface area contributed by atoms with Gasteiger partial charge in [-0.3, -0.25) is 28.6 Å². The maximum atomic E-state index is 13.7. The molecule has 0 bridgehead atoms. The van der Waals surface area contributed by atoms with Gasteiger partial charge in [0.1, 0.15) is 16.9 Å². The Morgan fingerprint density at radius 2 is 1.64 bits per heavy atom. The number of aromatic hydroxyl groups is 1. The van der Waals surface area contributed by atoms with Gasteiger partial charge in [-0.25, -0.2) is 9.59 Å². The largest absolute Gasteiger partial charge is 0.494 e. The van der Waals surface area contributed by atoms with E-state index in [9.17, 15) is 34.5 Å². The molecule has 1 aliphatic heterocycles. The lowest BCUT2D eigenvalue weighted by Crippen LogP contribution is -2.53. The second kappa shape index (κ2) is 12.2. The Kier molecular flexibility index (Phi) is 9.67. The summed E-state index contributed by atoms with van der Waals surface area (Å²) in [6, 6.07) is -0.905. The molecule has 1 saturated carbocycles. The number of aliphatic imine (C=N–C) groups is 1. The summed E-state index contributed by atoms with van der Waals surface area (Å²) in [7, 11) is 1.44. The Balaban J connectivity index is 1.92. The Morgan fingerprint density at radius 3 is 2.17 bits per heavy atom. The first-order valence-electron chi connectivity index (χ1n) is 14.8. The standard InChI is InChI=1S/C29H48N6O7/c1-8-9-14-33-22(36)20(21(30)31-16-27(2,3)41)23(37)35(26(33)40)19-12-10-18(11-13-19)15-29(6)24(38)32(7)25(39)34(29)17-28(4,5)42/h18-19,36,41-42H,8-17H2,1-7H3,(H2,30,31)/t18?,19?,29-/m0/s1. The highest BCUT2D eigenvalue weighted by Gasteiger charge is 2.54. The van der Waals surface area contributed by atoms with Gasteiger partial charge < -0.3 is 26.0 Å². The summed E-state index contributed by atoms with van der Waals surface area (Å²) in [5.41, 5.74) is 1.04. The molecule has 1 aromatic heterocycles. The van der Waals surface area contributed by atoms with Crippen molar-refractivity contribution in [1.29, 1.82) is 0 Å². The molecule has 0 radical (unpaired) electrons. The van der Waals surface area contributed by atoms with E-state index in [4.69, 9.17) is 5.73 Å². The minimum atomic E-state index is -1.19. The smallest absolute Gasteiger partial charge is 0.334 e. The summed E-state index contributed by atoms with van der Waals surface area (Å²) in [5, 5.41) is 31.4. The fraction of sp³-hybridized carbons (Fsp3) is 0.759. The van der Waals surface area contributed by atoms with Gasteiger partial charge in [0, 0.05) is 19.6 Å². The van der Waals surface area contributed by atoms with Crippen molar-refractivity contribution in [3.63, 3.8) is 0 Å². The second-order valence-corrected chi connectivity index (χ2v) is 13.4. The first-order chi connectivity index (χ1) is 19.3. The summed E-state index contributed by atoms with van der Waals surface area (Å²) in [6.45, 7) is 10.0. The number of nitrogens with two attached hydrogens (primary N) is 1. The zero-order chi connectivity index (χ0) is 31.8. The minimum Gasteiger partial charge on any atom is -0.494 e. The molecule has 1 saturated heterocycles. The molecule has 0 spiro atoms. The van der Waals surface area contributed by atoms with Crippen LogP contribution in [0.5, 0.6) is 5.88 Å². The molecular formula is C29H48N6O7. The highest BCUT2D eigenvalue weighted by atomic mass is 16.3. The van der Waals surface area contributed by atoms with Crippen LogP contribution >= 0.6 is 0 Å². The van der Waals surface area contributed by atoms with Crippen LogP contribution in [0.3, 0.4) is 0 Å². The highest BCUT2D eigenvalue weighted by molar-refractivity contribution is 6.06. The number of unbranched alkanes of at least 4 members (excludes halogenated alkanes) is 1. The number of β-amino-alcohol motifs (C(OH)–C–C–N with tert-alkyl or cyclic N) is 1. The van der Waals surface area contributed by atoms with Crippen molar-refractivity contribution in [3.05, 3.63) is 26.4 Å². The van der Waals surface area contributed by atoms with Crippen LogP contribution in [0, 0.1) is 5.92 Å². The average Bonchev–Trinajstić information content (AvgIpc) is 3.02. The maximum absolute atomic E-state index is 13.7. The minimum absolute atomic E-state index is 0.00712. The van der Waals surface area contributed by atoms with Gasteiger partial charge in [0.2, 0.25) is 5.88 Å². The van der Waals surface area contributed by atoms with Crippen molar-refractivity contribution in [2.75, 3.05) is 20.1 Å². The predicted molar refractivity (Wildman–Crippen MR) is 159 cm³/mol. The van der Waals surface area contributed by atoms with Gasteiger partial charge in [0.25, 0.3) is 11.5 Å². The fourth-order valence-electron chi connectivity index (χ4n) is 6.03. The SMILES string of the molecule is CCCCn1c(O)c(C(N)=NCC(C)(C)O)c(=O)n(C2CCC(C[C@@]3(C)C(=O)N(C)C(=O)N3CC(C)(C)O)CC2)c1=O. The van der Waals surface area contributed by atoms with Crippen molar-refractivity contribution >= 4 is 17.8 Å². The molecule has 13 nitrogen and oxygen atoms in total. The van der Waals surface area contributed by atoms with Gasteiger partial charge >= 0.3 is 11.7 Å². The zero-order valence-electron chi connectivity index (χ0n) is 26.0. The summed E-state index contributed by atoms with van der Waals surface area (Å²) >= 11 is 0. The Labute approximate surface area is 246 Å². The Hall–Kier alpha value is -3.19. The third-order valence-corrected chi connectivity index (χ3v) is 8.27. The number of amides is 3. The molecule has 0 aromatic carbocycles. The molecule has 1 atom stereocenters. The Morgan fingerprint density at radius 1 is 1.05 bits per heavy atom. The van der Waals surface area contributed by atoms with Crippen molar-refractivity contribution in [3.8, 4) is 5.88 Å². The predicted octanol–water partition coefficient (Wildman–Crippen LogP) is 1.54. The van der Waals surface area contributed by atoms with Gasteiger partial charge in [-0.05, 0) is 79.1 Å². The van der Waals surface area contributed by atoms with Gasteiger partial charge in [0.05, 0.1) is 24.3 Å². The normalized spacial score (nSPS) is 24.2. The lowest BCUT2D eigenvalue weighted by Gasteiger charge is -2.39.